The van der Waals surface area contributed by atoms with Crippen LogP contribution in [0.25, 0.3) is 0 Å². The Hall–Kier alpha value is -2.69. The summed E-state index contributed by atoms with van der Waals surface area (Å²) in [5, 5.41) is 27.1. The fourth-order valence-corrected chi connectivity index (χ4v) is 3.60. The molecular weight excluding hydrogens is 536 g/mol. The number of carboxylic acid groups (broad SMARTS) is 2. The maximum Gasteiger partial charge on any atom is 0.339 e. The first-order valence-electron chi connectivity index (χ1n) is 15.2. The predicted molar refractivity (Wildman–Crippen MR) is 153 cm³/mol. The number of rotatable bonds is 25. The van der Waals surface area contributed by atoms with Crippen molar-refractivity contribution in [1.29, 1.82) is 0 Å². The molecule has 0 rings (SSSR count). The molecule has 0 aliphatic rings. The Morgan fingerprint density at radius 1 is 0.512 bits per heavy atom. The molecule has 0 spiro atoms. The smallest absolute Gasteiger partial charge is 0.339 e. The number of hydrogen-bond donors (Lipinski definition) is 3. The van der Waals surface area contributed by atoms with Crippen LogP contribution in [-0.2, 0) is 38.2 Å². The van der Waals surface area contributed by atoms with Crippen LogP contribution in [-0.4, -0.2) is 70.6 Å². The molecule has 240 valence electrons. The van der Waals surface area contributed by atoms with Crippen molar-refractivity contribution in [3.8, 4) is 0 Å². The molecule has 0 bridgehead atoms. The Kier molecular flexibility index (Phi) is 27.1. The predicted octanol–water partition coefficient (Wildman–Crippen LogP) is 5.58. The molecule has 0 atom stereocenters. The van der Waals surface area contributed by atoms with Gasteiger partial charge in [0, 0.05) is 12.8 Å². The third-order valence-corrected chi connectivity index (χ3v) is 6.04. The van der Waals surface area contributed by atoms with Crippen molar-refractivity contribution in [1.82, 2.24) is 0 Å². The van der Waals surface area contributed by atoms with Crippen LogP contribution in [0.4, 0.5) is 0 Å². The lowest BCUT2D eigenvalue weighted by molar-refractivity contribution is -0.178. The number of hydrogen-bond acceptors (Lipinski definition) is 9. The summed E-state index contributed by atoms with van der Waals surface area (Å²) >= 11 is 0. The van der Waals surface area contributed by atoms with Gasteiger partial charge in [-0.25, -0.2) is 4.79 Å². The Labute approximate surface area is 245 Å². The van der Waals surface area contributed by atoms with Crippen LogP contribution >= 0.6 is 0 Å². The molecule has 0 amide bonds. The highest BCUT2D eigenvalue weighted by molar-refractivity contribution is 5.90. The molecule has 11 nitrogen and oxygen atoms in total. The van der Waals surface area contributed by atoms with Gasteiger partial charge in [0.15, 0.2) is 5.60 Å². The number of carbonyl (C=O) groups excluding carboxylic acids is 3. The van der Waals surface area contributed by atoms with Crippen molar-refractivity contribution in [2.45, 2.75) is 142 Å². The van der Waals surface area contributed by atoms with Gasteiger partial charge in [0.2, 0.25) is 0 Å². The van der Waals surface area contributed by atoms with Gasteiger partial charge in [-0.1, -0.05) is 78.6 Å². The van der Waals surface area contributed by atoms with Crippen molar-refractivity contribution >= 4 is 29.8 Å². The second-order valence-electron chi connectivity index (χ2n) is 10.1. The van der Waals surface area contributed by atoms with Crippen molar-refractivity contribution < 1.29 is 53.5 Å². The number of unbranched alkanes of at least 4 members (excludes halogenated alkanes) is 10. The summed E-state index contributed by atoms with van der Waals surface area (Å²) in [4.78, 5) is 56.7. The van der Waals surface area contributed by atoms with E-state index >= 15 is 0 Å². The summed E-state index contributed by atoms with van der Waals surface area (Å²) in [7, 11) is 0. The fraction of sp³-hybridized carbons (Fsp3) is 0.833. The van der Waals surface area contributed by atoms with E-state index in [-0.39, 0.29) is 32.7 Å². The zero-order chi connectivity index (χ0) is 31.4. The van der Waals surface area contributed by atoms with Gasteiger partial charge in [-0.3, -0.25) is 19.2 Å². The topological polar surface area (TPSA) is 174 Å². The van der Waals surface area contributed by atoms with Crippen LogP contribution in [0.2, 0.25) is 0 Å². The summed E-state index contributed by atoms with van der Waals surface area (Å²) in [6.45, 7) is 6.84. The molecule has 0 fully saturated rings. The van der Waals surface area contributed by atoms with E-state index in [1.165, 1.54) is 0 Å². The van der Waals surface area contributed by atoms with Crippen LogP contribution in [0.5, 0.6) is 0 Å². The van der Waals surface area contributed by atoms with Gasteiger partial charge in [-0.2, -0.15) is 0 Å². The number of ether oxygens (including phenoxy) is 3. The first-order valence-corrected chi connectivity index (χ1v) is 15.2. The van der Waals surface area contributed by atoms with E-state index in [9.17, 15) is 29.1 Å². The molecule has 0 unspecified atom stereocenters. The maximum atomic E-state index is 12.5. The third-order valence-electron chi connectivity index (χ3n) is 6.04. The van der Waals surface area contributed by atoms with Crippen LogP contribution in [0, 0.1) is 0 Å². The number of carboxylic acids is 2. The van der Waals surface area contributed by atoms with Crippen LogP contribution in [0.15, 0.2) is 0 Å². The lowest BCUT2D eigenvalue weighted by Crippen LogP contribution is -2.45. The van der Waals surface area contributed by atoms with Gasteiger partial charge in [0.1, 0.15) is 0 Å². The molecule has 0 aromatic carbocycles. The SMILES string of the molecule is CCCCCCOC(=O)CC(O)(CC(=O)OCCCCCC)C(=O)OCCCCCC.O=C(O)CCCCC(=O)O. The summed E-state index contributed by atoms with van der Waals surface area (Å²) in [6.07, 6.45) is 11.0. The van der Waals surface area contributed by atoms with E-state index in [1.807, 2.05) is 0 Å². The molecule has 0 heterocycles. The zero-order valence-electron chi connectivity index (χ0n) is 25.5. The second kappa shape index (κ2) is 27.5. The molecule has 0 aliphatic heterocycles. The number of aliphatic carboxylic acids is 2. The Morgan fingerprint density at radius 2 is 0.854 bits per heavy atom. The van der Waals surface area contributed by atoms with Gasteiger partial charge < -0.3 is 29.5 Å². The molecular formula is C30H54O11. The number of esters is 3. The van der Waals surface area contributed by atoms with E-state index in [0.29, 0.717) is 19.3 Å². The van der Waals surface area contributed by atoms with Crippen LogP contribution in [0.3, 0.4) is 0 Å². The van der Waals surface area contributed by atoms with E-state index in [4.69, 9.17) is 24.4 Å². The molecule has 41 heavy (non-hydrogen) atoms. The molecule has 0 aromatic heterocycles. The average molecular weight is 591 g/mol. The summed E-state index contributed by atoms with van der Waals surface area (Å²) in [5.74, 6) is -4.17. The van der Waals surface area contributed by atoms with Crippen molar-refractivity contribution in [2.75, 3.05) is 19.8 Å². The minimum absolute atomic E-state index is 0.0628. The quantitative estimate of drug-likeness (QED) is 0.0687. The molecule has 0 saturated heterocycles. The van der Waals surface area contributed by atoms with Gasteiger partial charge in [0.05, 0.1) is 32.7 Å². The molecule has 0 aromatic rings. The van der Waals surface area contributed by atoms with Gasteiger partial charge in [-0.15, -0.1) is 0 Å². The van der Waals surface area contributed by atoms with Gasteiger partial charge >= 0.3 is 29.8 Å². The highest BCUT2D eigenvalue weighted by Crippen LogP contribution is 2.21. The minimum atomic E-state index is -2.27. The fourth-order valence-electron chi connectivity index (χ4n) is 3.60. The standard InChI is InChI=1S/C24H44O7.C6H10O4/c1-4-7-10-13-16-29-21(25)19-24(28,23(27)31-18-15-12-9-6-3)20-22(26)30-17-14-11-8-5-2;7-5(8)3-1-2-4-6(9)10/h28H,4-20H2,1-3H3;1-4H2,(H,7,8)(H,9,10). The Morgan fingerprint density at radius 3 is 1.17 bits per heavy atom. The first kappa shape index (κ1) is 40.4. The third kappa shape index (κ3) is 27.3. The second-order valence-corrected chi connectivity index (χ2v) is 10.1. The first-order chi connectivity index (χ1) is 19.5. The Balaban J connectivity index is 0. The monoisotopic (exact) mass is 590 g/mol. The molecule has 0 saturated carbocycles. The summed E-state index contributed by atoms with van der Waals surface area (Å²) in [6, 6.07) is 0. The normalized spacial score (nSPS) is 10.7. The van der Waals surface area contributed by atoms with Crippen LogP contribution < -0.4 is 0 Å². The van der Waals surface area contributed by atoms with E-state index < -0.39 is 48.3 Å². The van der Waals surface area contributed by atoms with E-state index in [1.54, 1.807) is 0 Å². The van der Waals surface area contributed by atoms with E-state index in [0.717, 1.165) is 70.6 Å². The summed E-state index contributed by atoms with van der Waals surface area (Å²) < 4.78 is 15.4. The van der Waals surface area contributed by atoms with Crippen molar-refractivity contribution in [3.05, 3.63) is 0 Å². The average Bonchev–Trinajstić information content (AvgIpc) is 2.90. The summed E-state index contributed by atoms with van der Waals surface area (Å²) in [5.41, 5.74) is -2.27. The zero-order valence-corrected chi connectivity index (χ0v) is 25.5. The molecule has 0 aliphatic carbocycles. The number of carbonyl (C=O) groups is 5. The maximum absolute atomic E-state index is 12.5. The lowest BCUT2D eigenvalue weighted by Gasteiger charge is -2.24. The molecule has 0 radical (unpaired) electrons. The molecule has 3 N–H and O–H groups in total. The number of aliphatic hydroxyl groups is 1. The van der Waals surface area contributed by atoms with Crippen molar-refractivity contribution in [2.24, 2.45) is 0 Å². The van der Waals surface area contributed by atoms with E-state index in [2.05, 4.69) is 20.8 Å². The highest BCUT2D eigenvalue weighted by atomic mass is 16.6. The lowest BCUT2D eigenvalue weighted by atomic mass is 9.95. The van der Waals surface area contributed by atoms with Crippen LogP contribution in [0.1, 0.15) is 136 Å². The highest BCUT2D eigenvalue weighted by Gasteiger charge is 2.43. The largest absolute Gasteiger partial charge is 0.481 e. The van der Waals surface area contributed by atoms with Gasteiger partial charge in [0.25, 0.3) is 0 Å². The Bertz CT molecular complexity index is 677. The minimum Gasteiger partial charge on any atom is -0.481 e. The van der Waals surface area contributed by atoms with Gasteiger partial charge in [-0.05, 0) is 32.1 Å². The molecule has 11 heteroatoms. The van der Waals surface area contributed by atoms with Crippen molar-refractivity contribution in [3.63, 3.8) is 0 Å².